The SMILES string of the molecule is C/C(C#Cc1ccc(Cl)cc1)=C/CO/N=C1\CN2CCC1C2. The molecule has 1 aromatic rings. The molecule has 2 atom stereocenters. The van der Waals surface area contributed by atoms with E-state index in [0.717, 1.165) is 29.2 Å². The number of allylic oxidation sites excluding steroid dienone is 1. The monoisotopic (exact) mass is 314 g/mol. The molecule has 3 rings (SSSR count). The highest BCUT2D eigenvalue weighted by molar-refractivity contribution is 6.30. The maximum absolute atomic E-state index is 5.84. The summed E-state index contributed by atoms with van der Waals surface area (Å²) >= 11 is 5.84. The molecule has 4 heteroatoms. The molecule has 0 spiro atoms. The van der Waals surface area contributed by atoms with E-state index in [1.54, 1.807) is 0 Å². The molecule has 0 aromatic heterocycles. The highest BCUT2D eigenvalue weighted by Gasteiger charge is 2.35. The highest BCUT2D eigenvalue weighted by atomic mass is 35.5. The first kappa shape index (κ1) is 15.1. The second-order valence-electron chi connectivity index (χ2n) is 5.74. The van der Waals surface area contributed by atoms with E-state index < -0.39 is 0 Å². The Morgan fingerprint density at radius 1 is 1.45 bits per heavy atom. The quantitative estimate of drug-likeness (QED) is 0.485. The molecule has 3 nitrogen and oxygen atoms in total. The molecule has 2 heterocycles. The van der Waals surface area contributed by atoms with Gasteiger partial charge in [0.2, 0.25) is 0 Å². The van der Waals surface area contributed by atoms with E-state index in [1.165, 1.54) is 18.7 Å². The molecule has 114 valence electrons. The lowest BCUT2D eigenvalue weighted by Gasteiger charge is -2.12. The number of benzene rings is 1. The van der Waals surface area contributed by atoms with E-state index >= 15 is 0 Å². The Kier molecular flexibility index (Phi) is 4.82. The molecule has 0 amide bonds. The fraction of sp³-hybridized carbons (Fsp3) is 0.389. The average Bonchev–Trinajstić information content (AvgIpc) is 3.14. The third-order valence-electron chi connectivity index (χ3n) is 4.02. The van der Waals surface area contributed by atoms with Crippen molar-refractivity contribution in [3.8, 4) is 11.8 Å². The standard InChI is InChI=1S/C18H19ClN2O/c1-14(2-3-15-4-6-17(19)7-5-15)9-11-22-20-18-13-21-10-8-16(18)12-21/h4-7,9,16H,8,10-13H2,1H3/b14-9-,20-18+. The Morgan fingerprint density at radius 3 is 2.95 bits per heavy atom. The lowest BCUT2D eigenvalue weighted by molar-refractivity contribution is 0.171. The van der Waals surface area contributed by atoms with Crippen molar-refractivity contribution in [3.63, 3.8) is 0 Å². The fourth-order valence-corrected chi connectivity index (χ4v) is 2.87. The van der Waals surface area contributed by atoms with Crippen molar-refractivity contribution in [1.82, 2.24) is 4.90 Å². The summed E-state index contributed by atoms with van der Waals surface area (Å²) in [7, 11) is 0. The molecule has 2 bridgehead atoms. The van der Waals surface area contributed by atoms with Gasteiger partial charge in [0.25, 0.3) is 0 Å². The summed E-state index contributed by atoms with van der Waals surface area (Å²) in [4.78, 5) is 7.83. The van der Waals surface area contributed by atoms with Crippen LogP contribution in [-0.2, 0) is 4.84 Å². The zero-order valence-electron chi connectivity index (χ0n) is 12.7. The van der Waals surface area contributed by atoms with Crippen molar-refractivity contribution >= 4 is 17.3 Å². The molecular weight excluding hydrogens is 296 g/mol. The Bertz CT molecular complexity index is 652. The largest absolute Gasteiger partial charge is 0.392 e. The summed E-state index contributed by atoms with van der Waals surface area (Å²) in [6.07, 6.45) is 3.18. The van der Waals surface area contributed by atoms with Crippen LogP contribution in [0.1, 0.15) is 18.9 Å². The third kappa shape index (κ3) is 3.91. The second-order valence-corrected chi connectivity index (χ2v) is 6.18. The normalized spacial score (nSPS) is 25.2. The van der Waals surface area contributed by atoms with Gasteiger partial charge in [0.05, 0.1) is 5.71 Å². The van der Waals surface area contributed by atoms with Crippen LogP contribution in [0.3, 0.4) is 0 Å². The van der Waals surface area contributed by atoms with E-state index in [1.807, 2.05) is 37.3 Å². The van der Waals surface area contributed by atoms with Crippen molar-refractivity contribution in [2.24, 2.45) is 11.1 Å². The van der Waals surface area contributed by atoms with Gasteiger partial charge in [-0.2, -0.15) is 0 Å². The van der Waals surface area contributed by atoms with Crippen LogP contribution in [0.4, 0.5) is 0 Å². The van der Waals surface area contributed by atoms with E-state index in [-0.39, 0.29) is 0 Å². The van der Waals surface area contributed by atoms with Crippen molar-refractivity contribution in [2.75, 3.05) is 26.2 Å². The number of hydrogen-bond acceptors (Lipinski definition) is 3. The lowest BCUT2D eigenvalue weighted by Crippen LogP contribution is -2.23. The minimum atomic E-state index is 0.470. The van der Waals surface area contributed by atoms with Crippen molar-refractivity contribution in [2.45, 2.75) is 13.3 Å². The third-order valence-corrected chi connectivity index (χ3v) is 4.28. The smallest absolute Gasteiger partial charge is 0.136 e. The fourth-order valence-electron chi connectivity index (χ4n) is 2.75. The van der Waals surface area contributed by atoms with Crippen molar-refractivity contribution in [3.05, 3.63) is 46.5 Å². The summed E-state index contributed by atoms with van der Waals surface area (Å²) in [5.41, 5.74) is 3.13. The number of oxime groups is 1. The first-order chi connectivity index (χ1) is 10.7. The average molecular weight is 315 g/mol. The van der Waals surface area contributed by atoms with Crippen LogP contribution < -0.4 is 0 Å². The molecule has 2 aliphatic heterocycles. The number of halogens is 1. The zero-order valence-corrected chi connectivity index (χ0v) is 13.4. The maximum Gasteiger partial charge on any atom is 0.136 e. The van der Waals surface area contributed by atoms with Gasteiger partial charge in [0.1, 0.15) is 6.61 Å². The summed E-state index contributed by atoms with van der Waals surface area (Å²) in [5, 5.41) is 5.00. The predicted molar refractivity (Wildman–Crippen MR) is 90.0 cm³/mol. The minimum absolute atomic E-state index is 0.470. The molecule has 0 saturated carbocycles. The lowest BCUT2D eigenvalue weighted by atomic mass is 10.0. The van der Waals surface area contributed by atoms with Gasteiger partial charge in [0.15, 0.2) is 0 Å². The van der Waals surface area contributed by atoms with E-state index in [4.69, 9.17) is 16.4 Å². The Hall–Kier alpha value is -1.76. The number of fused-ring (bicyclic) bond motifs is 2. The number of piperidine rings is 1. The summed E-state index contributed by atoms with van der Waals surface area (Å²) in [6.45, 7) is 5.79. The van der Waals surface area contributed by atoms with E-state index in [9.17, 15) is 0 Å². The topological polar surface area (TPSA) is 24.8 Å². The van der Waals surface area contributed by atoms with Gasteiger partial charge in [-0.3, -0.25) is 4.90 Å². The van der Waals surface area contributed by atoms with Gasteiger partial charge >= 0.3 is 0 Å². The van der Waals surface area contributed by atoms with Gasteiger partial charge in [0, 0.05) is 29.6 Å². The Balaban J connectivity index is 1.48. The molecule has 2 unspecified atom stereocenters. The Morgan fingerprint density at radius 2 is 2.27 bits per heavy atom. The summed E-state index contributed by atoms with van der Waals surface area (Å²) < 4.78 is 0. The number of rotatable bonds is 3. The van der Waals surface area contributed by atoms with Gasteiger partial charge in [-0.15, -0.1) is 0 Å². The van der Waals surface area contributed by atoms with E-state index in [2.05, 4.69) is 21.9 Å². The molecule has 2 fully saturated rings. The van der Waals surface area contributed by atoms with Crippen LogP contribution in [0.2, 0.25) is 5.02 Å². The molecule has 1 aromatic carbocycles. The molecule has 2 aliphatic rings. The molecule has 0 aliphatic carbocycles. The highest BCUT2D eigenvalue weighted by Crippen LogP contribution is 2.25. The zero-order chi connectivity index (χ0) is 15.4. The van der Waals surface area contributed by atoms with E-state index in [0.29, 0.717) is 12.5 Å². The van der Waals surface area contributed by atoms with Gasteiger partial charge in [-0.1, -0.05) is 28.6 Å². The number of hydrogen-bond donors (Lipinski definition) is 0. The maximum atomic E-state index is 5.84. The van der Waals surface area contributed by atoms with Crippen LogP contribution in [0.25, 0.3) is 0 Å². The molecule has 0 N–H and O–H groups in total. The van der Waals surface area contributed by atoms with Gasteiger partial charge < -0.3 is 4.84 Å². The summed E-state index contributed by atoms with van der Waals surface area (Å²) in [6, 6.07) is 7.51. The molecular formula is C18H19ClN2O. The van der Waals surface area contributed by atoms with Gasteiger partial charge in [-0.25, -0.2) is 0 Å². The van der Waals surface area contributed by atoms with Crippen LogP contribution in [0.5, 0.6) is 0 Å². The van der Waals surface area contributed by atoms with Crippen molar-refractivity contribution < 1.29 is 4.84 Å². The van der Waals surface area contributed by atoms with Crippen LogP contribution in [0.15, 0.2) is 41.1 Å². The van der Waals surface area contributed by atoms with Gasteiger partial charge in [-0.05, 0) is 55.8 Å². The van der Waals surface area contributed by atoms with Crippen LogP contribution in [0, 0.1) is 17.8 Å². The van der Waals surface area contributed by atoms with Crippen LogP contribution in [-0.4, -0.2) is 36.9 Å². The molecule has 2 saturated heterocycles. The minimum Gasteiger partial charge on any atom is -0.392 e. The van der Waals surface area contributed by atoms with Crippen molar-refractivity contribution in [1.29, 1.82) is 0 Å². The first-order valence-electron chi connectivity index (χ1n) is 7.56. The number of nitrogens with zero attached hydrogens (tertiary/aromatic N) is 2. The first-order valence-corrected chi connectivity index (χ1v) is 7.94. The predicted octanol–water partition coefficient (Wildman–Crippen LogP) is 3.35. The molecule has 0 radical (unpaired) electrons. The summed E-state index contributed by atoms with van der Waals surface area (Å²) in [5.74, 6) is 6.83. The second kappa shape index (κ2) is 7.00. The molecule has 22 heavy (non-hydrogen) atoms. The Labute approximate surface area is 136 Å². The van der Waals surface area contributed by atoms with Crippen LogP contribution >= 0.6 is 11.6 Å².